The summed E-state index contributed by atoms with van der Waals surface area (Å²) in [4.78, 5) is 45.9. The summed E-state index contributed by atoms with van der Waals surface area (Å²) in [6, 6.07) is 3.11. The minimum Gasteiger partial charge on any atom is -0.493 e. The molecule has 0 aliphatic heterocycles. The molecule has 32 heavy (non-hydrogen) atoms. The predicted molar refractivity (Wildman–Crippen MR) is 112 cm³/mol. The van der Waals surface area contributed by atoms with E-state index in [1.807, 2.05) is 6.92 Å². The van der Waals surface area contributed by atoms with Crippen LogP contribution in [0.25, 0.3) is 0 Å². The lowest BCUT2D eigenvalue weighted by Crippen LogP contribution is -2.09. The van der Waals surface area contributed by atoms with Crippen molar-refractivity contribution >= 4 is 23.7 Å². The second-order valence-electron chi connectivity index (χ2n) is 5.89. The van der Waals surface area contributed by atoms with Crippen LogP contribution in [0.2, 0.25) is 0 Å². The van der Waals surface area contributed by atoms with Crippen molar-refractivity contribution in [3.05, 3.63) is 42.4 Å². The lowest BCUT2D eigenvalue weighted by Gasteiger charge is -2.16. The van der Waals surface area contributed by atoms with Crippen LogP contribution in [0.15, 0.2) is 36.8 Å². The van der Waals surface area contributed by atoms with Gasteiger partial charge in [-0.25, -0.2) is 9.59 Å². The summed E-state index contributed by atoms with van der Waals surface area (Å²) in [6.07, 6.45) is 2.49. The highest BCUT2D eigenvalue weighted by Crippen LogP contribution is 2.36. The van der Waals surface area contributed by atoms with Crippen molar-refractivity contribution in [2.45, 2.75) is 33.6 Å². The van der Waals surface area contributed by atoms with Gasteiger partial charge in [0.2, 0.25) is 0 Å². The zero-order valence-corrected chi connectivity index (χ0v) is 18.1. The number of carbonyl (C=O) groups excluding carboxylic acids is 3. The number of carboxylic acid groups (broad SMARTS) is 1. The highest BCUT2D eigenvalue weighted by molar-refractivity contribution is 6.00. The predicted octanol–water partition coefficient (Wildman–Crippen LogP) is 3.04. The number of carbonyl (C=O) groups is 4. The number of hydrogen-bond donors (Lipinski definition) is 1. The Morgan fingerprint density at radius 2 is 1.34 bits per heavy atom. The van der Waals surface area contributed by atoms with Gasteiger partial charge in [0.1, 0.15) is 18.3 Å². The Kier molecular flexibility index (Phi) is 11.7. The van der Waals surface area contributed by atoms with Gasteiger partial charge in [-0.3, -0.25) is 9.59 Å². The molecule has 10 nitrogen and oxygen atoms in total. The van der Waals surface area contributed by atoms with Crippen molar-refractivity contribution in [2.24, 2.45) is 0 Å². The molecule has 174 valence electrons. The van der Waals surface area contributed by atoms with E-state index in [2.05, 4.69) is 4.74 Å². The van der Waals surface area contributed by atoms with Crippen LogP contribution in [0.4, 0.5) is 0 Å². The smallest absolute Gasteiger partial charge is 0.335 e. The fourth-order valence-electron chi connectivity index (χ4n) is 2.36. The molecule has 0 spiro atoms. The maximum atomic E-state index is 12.7. The molecule has 0 aliphatic carbocycles. The van der Waals surface area contributed by atoms with Gasteiger partial charge in [-0.2, -0.15) is 0 Å². The SMILES string of the molecule is CCOc1cc(OCC)c(C(=O)CCC(=O)O/C=C/OC(=O)/C=C\C(=O)O)cc1OCC. The summed E-state index contributed by atoms with van der Waals surface area (Å²) in [7, 11) is 0. The first kappa shape index (κ1) is 26.2. The molecule has 0 amide bonds. The Morgan fingerprint density at radius 1 is 0.781 bits per heavy atom. The molecule has 1 rings (SSSR count). The fraction of sp³-hybridized carbons (Fsp3) is 0.364. The van der Waals surface area contributed by atoms with Crippen molar-refractivity contribution in [1.82, 2.24) is 0 Å². The van der Waals surface area contributed by atoms with Crippen molar-refractivity contribution in [2.75, 3.05) is 19.8 Å². The molecule has 0 aliphatic rings. The molecule has 1 aromatic carbocycles. The molecule has 0 aromatic heterocycles. The zero-order chi connectivity index (χ0) is 23.9. The summed E-state index contributed by atoms with van der Waals surface area (Å²) in [6.45, 7) is 6.51. The average Bonchev–Trinajstić information content (AvgIpc) is 2.75. The third-order valence-electron chi connectivity index (χ3n) is 3.60. The van der Waals surface area contributed by atoms with E-state index in [0.717, 1.165) is 12.5 Å². The third kappa shape index (κ3) is 9.33. The highest BCUT2D eigenvalue weighted by atomic mass is 16.6. The molecular weight excluding hydrogens is 424 g/mol. The van der Waals surface area contributed by atoms with E-state index in [0.29, 0.717) is 49.2 Å². The average molecular weight is 450 g/mol. The van der Waals surface area contributed by atoms with Gasteiger partial charge < -0.3 is 28.8 Å². The molecule has 0 heterocycles. The van der Waals surface area contributed by atoms with Crippen LogP contribution in [-0.2, 0) is 23.9 Å². The van der Waals surface area contributed by atoms with Crippen LogP contribution < -0.4 is 14.2 Å². The molecule has 0 saturated heterocycles. The van der Waals surface area contributed by atoms with Gasteiger partial charge in [-0.15, -0.1) is 0 Å². The molecule has 0 atom stereocenters. The molecule has 0 saturated carbocycles. The van der Waals surface area contributed by atoms with Crippen LogP contribution in [0, 0.1) is 0 Å². The quantitative estimate of drug-likeness (QED) is 0.195. The van der Waals surface area contributed by atoms with E-state index in [4.69, 9.17) is 24.1 Å². The molecular formula is C22H26O10. The summed E-state index contributed by atoms with van der Waals surface area (Å²) >= 11 is 0. The topological polar surface area (TPSA) is 135 Å². The van der Waals surface area contributed by atoms with Gasteiger partial charge in [-0.05, 0) is 26.8 Å². The second kappa shape index (κ2) is 14.2. The van der Waals surface area contributed by atoms with Gasteiger partial charge in [0.25, 0.3) is 0 Å². The first-order chi connectivity index (χ1) is 15.3. The molecule has 10 heteroatoms. The van der Waals surface area contributed by atoms with Gasteiger partial charge in [0.05, 0.1) is 31.8 Å². The number of ether oxygens (including phenoxy) is 5. The van der Waals surface area contributed by atoms with Gasteiger partial charge in [0, 0.05) is 24.6 Å². The van der Waals surface area contributed by atoms with E-state index in [1.165, 1.54) is 6.07 Å². The zero-order valence-electron chi connectivity index (χ0n) is 18.1. The minimum absolute atomic E-state index is 0.159. The standard InChI is InChI=1S/C22H26O10/c1-4-28-17-14-19(30-6-3)18(29-5-2)13-15(17)16(23)7-9-21(26)31-11-12-32-22(27)10-8-20(24)25/h8,10-14H,4-7,9H2,1-3H3,(H,24,25)/b10-8-,12-11+. The molecule has 0 unspecified atom stereocenters. The van der Waals surface area contributed by atoms with Crippen LogP contribution in [-0.4, -0.2) is 48.6 Å². The van der Waals surface area contributed by atoms with Crippen molar-refractivity contribution < 1.29 is 48.0 Å². The van der Waals surface area contributed by atoms with E-state index in [-0.39, 0.29) is 24.2 Å². The number of benzene rings is 1. The van der Waals surface area contributed by atoms with Crippen LogP contribution >= 0.6 is 0 Å². The third-order valence-corrected chi connectivity index (χ3v) is 3.60. The Bertz CT molecular complexity index is 870. The number of carboxylic acids is 1. The number of aliphatic carboxylic acids is 1. The second-order valence-corrected chi connectivity index (χ2v) is 5.89. The van der Waals surface area contributed by atoms with E-state index >= 15 is 0 Å². The summed E-state index contributed by atoms with van der Waals surface area (Å²) < 4.78 is 25.9. The molecule has 0 bridgehead atoms. The Balaban J connectivity index is 2.73. The lowest BCUT2D eigenvalue weighted by molar-refractivity contribution is -0.139. The molecule has 0 radical (unpaired) electrons. The molecule has 1 aromatic rings. The maximum absolute atomic E-state index is 12.7. The van der Waals surface area contributed by atoms with Crippen LogP contribution in [0.3, 0.4) is 0 Å². The molecule has 1 N–H and O–H groups in total. The first-order valence-electron chi connectivity index (χ1n) is 9.88. The fourth-order valence-corrected chi connectivity index (χ4v) is 2.36. The number of Topliss-reactive ketones (excluding diaryl/α,β-unsaturated/α-hetero) is 1. The normalized spacial score (nSPS) is 10.7. The molecule has 0 fully saturated rings. The largest absolute Gasteiger partial charge is 0.493 e. The van der Waals surface area contributed by atoms with E-state index in [1.54, 1.807) is 19.9 Å². The number of hydrogen-bond acceptors (Lipinski definition) is 9. The minimum atomic E-state index is -1.31. The number of esters is 2. The summed E-state index contributed by atoms with van der Waals surface area (Å²) in [5.74, 6) is -2.20. The van der Waals surface area contributed by atoms with Gasteiger partial charge in [0.15, 0.2) is 17.3 Å². The van der Waals surface area contributed by atoms with Crippen molar-refractivity contribution in [3.8, 4) is 17.2 Å². The van der Waals surface area contributed by atoms with Crippen molar-refractivity contribution in [1.29, 1.82) is 0 Å². The van der Waals surface area contributed by atoms with Gasteiger partial charge >= 0.3 is 17.9 Å². The highest BCUT2D eigenvalue weighted by Gasteiger charge is 2.19. The Labute approximate surface area is 185 Å². The first-order valence-corrected chi connectivity index (χ1v) is 9.88. The van der Waals surface area contributed by atoms with Gasteiger partial charge in [-0.1, -0.05) is 0 Å². The summed E-state index contributed by atoms with van der Waals surface area (Å²) in [5.41, 5.74) is 0.251. The summed E-state index contributed by atoms with van der Waals surface area (Å²) in [5, 5.41) is 8.39. The number of ketones is 1. The monoisotopic (exact) mass is 450 g/mol. The Morgan fingerprint density at radius 3 is 1.94 bits per heavy atom. The van der Waals surface area contributed by atoms with Crippen LogP contribution in [0.1, 0.15) is 44.0 Å². The number of rotatable bonds is 14. The van der Waals surface area contributed by atoms with E-state index < -0.39 is 17.9 Å². The maximum Gasteiger partial charge on any atom is 0.335 e. The Hall–Kier alpha value is -3.82. The lowest BCUT2D eigenvalue weighted by atomic mass is 10.0. The van der Waals surface area contributed by atoms with Crippen LogP contribution in [0.5, 0.6) is 17.2 Å². The van der Waals surface area contributed by atoms with E-state index in [9.17, 15) is 19.2 Å². The van der Waals surface area contributed by atoms with Crippen molar-refractivity contribution in [3.63, 3.8) is 0 Å².